The minimum Gasteiger partial charge on any atom is -0.441 e. The van der Waals surface area contributed by atoms with Gasteiger partial charge in [-0.3, -0.25) is 4.79 Å². The molecule has 1 aromatic carbocycles. The summed E-state index contributed by atoms with van der Waals surface area (Å²) in [5, 5.41) is 4.53. The van der Waals surface area contributed by atoms with Crippen molar-refractivity contribution in [2.45, 2.75) is 38.0 Å². The summed E-state index contributed by atoms with van der Waals surface area (Å²) in [6.07, 6.45) is 0.991. The summed E-state index contributed by atoms with van der Waals surface area (Å²) in [5.41, 5.74) is 6.48. The summed E-state index contributed by atoms with van der Waals surface area (Å²) in [4.78, 5) is 32.5. The molecule has 30 heavy (non-hydrogen) atoms. The molecule has 2 saturated heterocycles. The fourth-order valence-corrected chi connectivity index (χ4v) is 3.96. The molecule has 1 atom stereocenters. The number of amides is 2. The van der Waals surface area contributed by atoms with Gasteiger partial charge in [0.2, 0.25) is 5.91 Å². The summed E-state index contributed by atoms with van der Waals surface area (Å²) >= 11 is 0. The van der Waals surface area contributed by atoms with E-state index in [4.69, 9.17) is 10.5 Å². The summed E-state index contributed by atoms with van der Waals surface area (Å²) in [6, 6.07) is 9.28. The SMILES string of the molecule is C[C@H](N)c1nc(-c2ccccc2)nn1CC(=O)N1CCC2(CC1)CN(C)C(=O)O2.Cl. The van der Waals surface area contributed by atoms with Crippen LogP contribution in [0.5, 0.6) is 0 Å². The van der Waals surface area contributed by atoms with Gasteiger partial charge in [0.1, 0.15) is 18.0 Å². The van der Waals surface area contributed by atoms with E-state index in [0.29, 0.717) is 44.1 Å². The Kier molecular flexibility index (Phi) is 6.33. The van der Waals surface area contributed by atoms with Crippen LogP contribution in [0.15, 0.2) is 30.3 Å². The molecule has 9 nitrogen and oxygen atoms in total. The van der Waals surface area contributed by atoms with Gasteiger partial charge in [-0.15, -0.1) is 12.4 Å². The monoisotopic (exact) mass is 434 g/mol. The van der Waals surface area contributed by atoms with Crippen LogP contribution in [0.4, 0.5) is 4.79 Å². The van der Waals surface area contributed by atoms with E-state index in [0.717, 1.165) is 5.56 Å². The van der Waals surface area contributed by atoms with E-state index < -0.39 is 5.60 Å². The second-order valence-corrected chi connectivity index (χ2v) is 7.89. The van der Waals surface area contributed by atoms with Gasteiger partial charge in [0, 0.05) is 38.5 Å². The van der Waals surface area contributed by atoms with Gasteiger partial charge in [-0.1, -0.05) is 30.3 Å². The molecule has 0 saturated carbocycles. The Balaban J connectivity index is 0.00000256. The third-order valence-electron chi connectivity index (χ3n) is 5.59. The normalized spacial score (nSPS) is 18.8. The molecule has 4 rings (SSSR count). The van der Waals surface area contributed by atoms with Crippen molar-refractivity contribution in [2.75, 3.05) is 26.7 Å². The molecule has 0 bridgehead atoms. The van der Waals surface area contributed by atoms with Crippen LogP contribution in [0.1, 0.15) is 31.6 Å². The number of aromatic nitrogens is 3. The molecule has 2 aromatic rings. The van der Waals surface area contributed by atoms with E-state index in [-0.39, 0.29) is 37.0 Å². The number of benzene rings is 1. The number of nitrogens with zero attached hydrogens (tertiary/aromatic N) is 5. The van der Waals surface area contributed by atoms with Gasteiger partial charge in [-0.2, -0.15) is 5.10 Å². The summed E-state index contributed by atoms with van der Waals surface area (Å²) in [7, 11) is 1.74. The molecule has 1 aromatic heterocycles. The zero-order valence-electron chi connectivity index (χ0n) is 17.2. The molecule has 1 spiro atoms. The summed E-state index contributed by atoms with van der Waals surface area (Å²) in [6.45, 7) is 3.59. The lowest BCUT2D eigenvalue weighted by Gasteiger charge is -2.37. The number of hydrogen-bond acceptors (Lipinski definition) is 6. The molecule has 2 aliphatic heterocycles. The highest BCUT2D eigenvalue weighted by atomic mass is 35.5. The van der Waals surface area contributed by atoms with Crippen molar-refractivity contribution in [1.29, 1.82) is 0 Å². The predicted octanol–water partition coefficient (Wildman–Crippen LogP) is 1.83. The summed E-state index contributed by atoms with van der Waals surface area (Å²) in [5.74, 6) is 1.10. The number of piperidine rings is 1. The van der Waals surface area contributed by atoms with Crippen LogP contribution < -0.4 is 5.73 Å². The molecule has 0 radical (unpaired) electrons. The lowest BCUT2D eigenvalue weighted by atomic mass is 9.91. The summed E-state index contributed by atoms with van der Waals surface area (Å²) < 4.78 is 7.16. The zero-order chi connectivity index (χ0) is 20.6. The van der Waals surface area contributed by atoms with Crippen molar-refractivity contribution in [2.24, 2.45) is 5.73 Å². The molecule has 0 unspecified atom stereocenters. The van der Waals surface area contributed by atoms with Crippen molar-refractivity contribution in [3.63, 3.8) is 0 Å². The number of carbonyl (C=O) groups excluding carboxylic acids is 2. The highest BCUT2D eigenvalue weighted by Crippen LogP contribution is 2.32. The highest BCUT2D eigenvalue weighted by molar-refractivity contribution is 5.85. The number of carbonyl (C=O) groups is 2. The molecule has 10 heteroatoms. The van der Waals surface area contributed by atoms with Gasteiger partial charge >= 0.3 is 6.09 Å². The van der Waals surface area contributed by atoms with Crippen molar-refractivity contribution < 1.29 is 14.3 Å². The number of halogens is 1. The average Bonchev–Trinajstić information content (AvgIpc) is 3.24. The van der Waals surface area contributed by atoms with E-state index in [1.807, 2.05) is 37.3 Å². The highest BCUT2D eigenvalue weighted by Gasteiger charge is 2.46. The second-order valence-electron chi connectivity index (χ2n) is 7.89. The van der Waals surface area contributed by atoms with E-state index >= 15 is 0 Å². The number of hydrogen-bond donors (Lipinski definition) is 1. The molecule has 162 valence electrons. The fourth-order valence-electron chi connectivity index (χ4n) is 3.96. The third-order valence-corrected chi connectivity index (χ3v) is 5.59. The smallest absolute Gasteiger partial charge is 0.410 e. The topological polar surface area (TPSA) is 107 Å². The van der Waals surface area contributed by atoms with Gasteiger partial charge in [0.25, 0.3) is 0 Å². The minimum atomic E-state index is -0.465. The molecule has 3 heterocycles. The molecule has 2 amide bonds. The van der Waals surface area contributed by atoms with Gasteiger partial charge < -0.3 is 20.3 Å². The van der Waals surface area contributed by atoms with Crippen molar-refractivity contribution in [3.8, 4) is 11.4 Å². The molecule has 2 aliphatic rings. The van der Waals surface area contributed by atoms with Gasteiger partial charge in [-0.25, -0.2) is 14.5 Å². The molecular weight excluding hydrogens is 408 g/mol. The number of ether oxygens (including phenoxy) is 1. The van der Waals surface area contributed by atoms with Crippen LogP contribution >= 0.6 is 12.4 Å². The Bertz CT molecular complexity index is 909. The lowest BCUT2D eigenvalue weighted by Crippen LogP contribution is -2.49. The number of nitrogens with two attached hydrogens (primary N) is 1. The largest absolute Gasteiger partial charge is 0.441 e. The Labute approximate surface area is 181 Å². The maximum Gasteiger partial charge on any atom is 0.410 e. The van der Waals surface area contributed by atoms with Crippen LogP contribution in [0.2, 0.25) is 0 Å². The maximum absolute atomic E-state index is 12.9. The van der Waals surface area contributed by atoms with Crippen molar-refractivity contribution in [3.05, 3.63) is 36.2 Å². The average molecular weight is 435 g/mol. The van der Waals surface area contributed by atoms with E-state index in [1.54, 1.807) is 21.5 Å². The first-order valence-electron chi connectivity index (χ1n) is 9.84. The number of rotatable bonds is 4. The molecule has 2 fully saturated rings. The molecule has 2 N–H and O–H groups in total. The minimum absolute atomic E-state index is 0. The first-order valence-corrected chi connectivity index (χ1v) is 9.84. The van der Waals surface area contributed by atoms with E-state index in [2.05, 4.69) is 10.1 Å². The number of likely N-dealkylation sites (tertiary alicyclic amines) is 1. The molecular formula is C20H27ClN6O3. The first-order chi connectivity index (χ1) is 13.9. The fraction of sp³-hybridized carbons (Fsp3) is 0.500. The molecule has 0 aliphatic carbocycles. The Morgan fingerprint density at radius 3 is 2.50 bits per heavy atom. The van der Waals surface area contributed by atoms with Crippen LogP contribution in [0, 0.1) is 0 Å². The van der Waals surface area contributed by atoms with Crippen LogP contribution in [-0.4, -0.2) is 68.8 Å². The standard InChI is InChI=1S/C20H26N6O3.ClH/c1-14(21)18-22-17(15-6-4-3-5-7-15)23-26(18)12-16(27)25-10-8-20(9-11-25)13-24(2)19(28)29-20;/h3-7,14H,8-13,21H2,1-2H3;1H/t14-;/m0./s1. The maximum atomic E-state index is 12.9. The van der Waals surface area contributed by atoms with Crippen molar-refractivity contribution in [1.82, 2.24) is 24.6 Å². The Morgan fingerprint density at radius 1 is 1.27 bits per heavy atom. The quantitative estimate of drug-likeness (QED) is 0.786. The second kappa shape index (κ2) is 8.61. The van der Waals surface area contributed by atoms with Crippen LogP contribution in [0.25, 0.3) is 11.4 Å². The Hall–Kier alpha value is -2.65. The zero-order valence-corrected chi connectivity index (χ0v) is 18.0. The Morgan fingerprint density at radius 2 is 1.93 bits per heavy atom. The lowest BCUT2D eigenvalue weighted by molar-refractivity contribution is -0.135. The van der Waals surface area contributed by atoms with Gasteiger partial charge in [0.05, 0.1) is 12.6 Å². The van der Waals surface area contributed by atoms with Crippen LogP contribution in [0.3, 0.4) is 0 Å². The van der Waals surface area contributed by atoms with Gasteiger partial charge in [0.15, 0.2) is 5.82 Å². The first kappa shape index (κ1) is 22.0. The van der Waals surface area contributed by atoms with Crippen LogP contribution in [-0.2, 0) is 16.1 Å². The van der Waals surface area contributed by atoms with E-state index in [1.165, 1.54) is 0 Å². The van der Waals surface area contributed by atoms with Crippen molar-refractivity contribution >= 4 is 24.4 Å². The van der Waals surface area contributed by atoms with Gasteiger partial charge in [-0.05, 0) is 6.92 Å². The third kappa shape index (κ3) is 4.27. The number of likely N-dealkylation sites (N-methyl/N-ethyl adjacent to an activating group) is 1. The van der Waals surface area contributed by atoms with E-state index in [9.17, 15) is 9.59 Å². The predicted molar refractivity (Wildman–Crippen MR) is 113 cm³/mol.